The zero-order valence-electron chi connectivity index (χ0n) is 12.1. The molecule has 4 nitrogen and oxygen atoms in total. The Balaban J connectivity index is 1.72. The number of hydrogen-bond acceptors (Lipinski definition) is 3. The van der Waals surface area contributed by atoms with Gasteiger partial charge >= 0.3 is 5.97 Å². The molecule has 0 aliphatic heterocycles. The molecule has 1 unspecified atom stereocenters. The number of aliphatic carboxylic acids is 1. The maximum atomic E-state index is 11.2. The SMILES string of the molecule is CCC(N)(CCCN(CC1CC1)CC1CC1)C(=O)O. The maximum absolute atomic E-state index is 11.2. The molecule has 1 atom stereocenters. The molecule has 0 amide bonds. The van der Waals surface area contributed by atoms with Gasteiger partial charge in [0.25, 0.3) is 0 Å². The van der Waals surface area contributed by atoms with Gasteiger partial charge in [0.15, 0.2) is 0 Å². The van der Waals surface area contributed by atoms with Crippen molar-refractivity contribution in [3.8, 4) is 0 Å². The quantitative estimate of drug-likeness (QED) is 0.636. The van der Waals surface area contributed by atoms with E-state index in [0.717, 1.165) is 24.8 Å². The largest absolute Gasteiger partial charge is 0.480 e. The summed E-state index contributed by atoms with van der Waals surface area (Å²) in [6, 6.07) is 0. The number of carboxylic acids is 1. The molecular formula is C15H28N2O2. The van der Waals surface area contributed by atoms with E-state index in [2.05, 4.69) is 4.90 Å². The highest BCUT2D eigenvalue weighted by molar-refractivity contribution is 5.78. The third-order valence-electron chi connectivity index (χ3n) is 4.58. The van der Waals surface area contributed by atoms with E-state index < -0.39 is 11.5 Å². The fourth-order valence-electron chi connectivity index (χ4n) is 2.64. The van der Waals surface area contributed by atoms with Crippen molar-refractivity contribution >= 4 is 5.97 Å². The van der Waals surface area contributed by atoms with Gasteiger partial charge in [-0.2, -0.15) is 0 Å². The highest BCUT2D eigenvalue weighted by Crippen LogP contribution is 2.33. The Kier molecular flexibility index (Phi) is 4.85. The molecule has 19 heavy (non-hydrogen) atoms. The lowest BCUT2D eigenvalue weighted by atomic mass is 9.92. The van der Waals surface area contributed by atoms with Crippen LogP contribution in [0.2, 0.25) is 0 Å². The Morgan fingerprint density at radius 1 is 1.26 bits per heavy atom. The maximum Gasteiger partial charge on any atom is 0.323 e. The minimum absolute atomic E-state index is 0.508. The summed E-state index contributed by atoms with van der Waals surface area (Å²) < 4.78 is 0. The molecule has 110 valence electrons. The molecule has 0 bridgehead atoms. The molecule has 0 radical (unpaired) electrons. The molecule has 0 aromatic heterocycles. The highest BCUT2D eigenvalue weighted by atomic mass is 16.4. The van der Waals surface area contributed by atoms with Gasteiger partial charge in [0.1, 0.15) is 5.54 Å². The van der Waals surface area contributed by atoms with E-state index in [0.29, 0.717) is 12.8 Å². The van der Waals surface area contributed by atoms with Crippen LogP contribution in [-0.2, 0) is 4.79 Å². The summed E-state index contributed by atoms with van der Waals surface area (Å²) in [5.41, 5.74) is 4.91. The summed E-state index contributed by atoms with van der Waals surface area (Å²) in [6.07, 6.45) is 7.52. The van der Waals surface area contributed by atoms with Crippen molar-refractivity contribution in [2.24, 2.45) is 17.6 Å². The van der Waals surface area contributed by atoms with Gasteiger partial charge in [0, 0.05) is 13.1 Å². The molecule has 0 aromatic carbocycles. The standard InChI is InChI=1S/C15H28N2O2/c1-2-15(16,14(18)19)8-3-9-17(10-12-4-5-12)11-13-6-7-13/h12-13H,2-11,16H2,1H3,(H,18,19). The Morgan fingerprint density at radius 3 is 2.16 bits per heavy atom. The average Bonchev–Trinajstić information content (AvgIpc) is 3.24. The summed E-state index contributed by atoms with van der Waals surface area (Å²) in [5.74, 6) is 0.963. The lowest BCUT2D eigenvalue weighted by Crippen LogP contribution is -2.47. The molecule has 4 heteroatoms. The van der Waals surface area contributed by atoms with Crippen molar-refractivity contribution in [2.45, 2.75) is 57.4 Å². The van der Waals surface area contributed by atoms with Crippen LogP contribution in [0.15, 0.2) is 0 Å². The van der Waals surface area contributed by atoms with Crippen molar-refractivity contribution < 1.29 is 9.90 Å². The van der Waals surface area contributed by atoms with Gasteiger partial charge in [-0.25, -0.2) is 0 Å². The Hall–Kier alpha value is -0.610. The third-order valence-corrected chi connectivity index (χ3v) is 4.58. The summed E-state index contributed by atoms with van der Waals surface area (Å²) >= 11 is 0. The number of carboxylic acid groups (broad SMARTS) is 1. The van der Waals surface area contributed by atoms with Crippen LogP contribution in [0.3, 0.4) is 0 Å². The van der Waals surface area contributed by atoms with Gasteiger partial charge in [0.05, 0.1) is 0 Å². The van der Waals surface area contributed by atoms with Crippen LogP contribution in [0.5, 0.6) is 0 Å². The number of nitrogens with zero attached hydrogens (tertiary/aromatic N) is 1. The smallest absolute Gasteiger partial charge is 0.323 e. The molecule has 0 heterocycles. The van der Waals surface area contributed by atoms with E-state index in [1.165, 1.54) is 38.8 Å². The first kappa shape index (κ1) is 14.8. The molecule has 2 aliphatic rings. The van der Waals surface area contributed by atoms with Crippen LogP contribution >= 0.6 is 0 Å². The van der Waals surface area contributed by atoms with E-state index in [1.807, 2.05) is 6.92 Å². The first-order valence-corrected chi connectivity index (χ1v) is 7.78. The van der Waals surface area contributed by atoms with E-state index in [1.54, 1.807) is 0 Å². The molecule has 2 saturated carbocycles. The van der Waals surface area contributed by atoms with Crippen LogP contribution in [-0.4, -0.2) is 41.1 Å². The van der Waals surface area contributed by atoms with Gasteiger partial charge in [-0.1, -0.05) is 6.92 Å². The molecule has 2 rings (SSSR count). The van der Waals surface area contributed by atoms with Gasteiger partial charge < -0.3 is 15.7 Å². The summed E-state index contributed by atoms with van der Waals surface area (Å²) in [6.45, 7) is 5.31. The molecule has 3 N–H and O–H groups in total. The predicted molar refractivity (Wildman–Crippen MR) is 76.0 cm³/mol. The summed E-state index contributed by atoms with van der Waals surface area (Å²) in [5, 5.41) is 9.17. The van der Waals surface area contributed by atoms with Crippen molar-refractivity contribution in [2.75, 3.05) is 19.6 Å². The fraction of sp³-hybridized carbons (Fsp3) is 0.933. The lowest BCUT2D eigenvalue weighted by molar-refractivity contribution is -0.143. The van der Waals surface area contributed by atoms with Crippen molar-refractivity contribution in [3.05, 3.63) is 0 Å². The zero-order valence-corrected chi connectivity index (χ0v) is 12.1. The topological polar surface area (TPSA) is 66.6 Å². The first-order valence-electron chi connectivity index (χ1n) is 7.78. The number of rotatable bonds is 10. The molecule has 0 aromatic rings. The van der Waals surface area contributed by atoms with Crippen molar-refractivity contribution in [1.29, 1.82) is 0 Å². The number of carbonyl (C=O) groups is 1. The zero-order chi connectivity index (χ0) is 13.9. The van der Waals surface area contributed by atoms with E-state index in [9.17, 15) is 4.79 Å². The van der Waals surface area contributed by atoms with Gasteiger partial charge in [-0.3, -0.25) is 4.79 Å². The molecule has 2 aliphatic carbocycles. The Bertz CT molecular complexity index is 299. The molecule has 2 fully saturated rings. The second kappa shape index (κ2) is 6.23. The second-order valence-electron chi connectivity index (χ2n) is 6.56. The monoisotopic (exact) mass is 268 g/mol. The lowest BCUT2D eigenvalue weighted by Gasteiger charge is -2.26. The number of nitrogens with two attached hydrogens (primary N) is 1. The van der Waals surface area contributed by atoms with E-state index >= 15 is 0 Å². The predicted octanol–water partition coefficient (Wildman–Crippen LogP) is 2.08. The summed E-state index contributed by atoms with van der Waals surface area (Å²) in [7, 11) is 0. The first-order chi connectivity index (χ1) is 9.03. The van der Waals surface area contributed by atoms with Crippen molar-refractivity contribution in [1.82, 2.24) is 4.90 Å². The van der Waals surface area contributed by atoms with Gasteiger partial charge in [-0.05, 0) is 63.3 Å². The normalized spacial score (nSPS) is 22.5. The van der Waals surface area contributed by atoms with Crippen LogP contribution in [0.25, 0.3) is 0 Å². The van der Waals surface area contributed by atoms with Crippen LogP contribution in [0.4, 0.5) is 0 Å². The van der Waals surface area contributed by atoms with Gasteiger partial charge in [-0.15, -0.1) is 0 Å². The minimum atomic E-state index is -1.02. The fourth-order valence-corrected chi connectivity index (χ4v) is 2.64. The van der Waals surface area contributed by atoms with E-state index in [-0.39, 0.29) is 0 Å². The average molecular weight is 268 g/mol. The van der Waals surface area contributed by atoms with E-state index in [4.69, 9.17) is 10.8 Å². The van der Waals surface area contributed by atoms with Crippen molar-refractivity contribution in [3.63, 3.8) is 0 Å². The third kappa shape index (κ3) is 4.77. The van der Waals surface area contributed by atoms with Gasteiger partial charge in [0.2, 0.25) is 0 Å². The van der Waals surface area contributed by atoms with Crippen LogP contribution < -0.4 is 5.73 Å². The Labute approximate surface area is 116 Å². The second-order valence-corrected chi connectivity index (χ2v) is 6.56. The van der Waals surface area contributed by atoms with Crippen LogP contribution in [0, 0.1) is 11.8 Å². The molecular weight excluding hydrogens is 240 g/mol. The Morgan fingerprint density at radius 2 is 1.79 bits per heavy atom. The molecule has 0 spiro atoms. The summed E-state index contributed by atoms with van der Waals surface area (Å²) in [4.78, 5) is 13.7. The molecule has 0 saturated heterocycles. The highest BCUT2D eigenvalue weighted by Gasteiger charge is 2.32. The van der Waals surface area contributed by atoms with Crippen LogP contribution in [0.1, 0.15) is 51.9 Å². The number of hydrogen-bond donors (Lipinski definition) is 2. The minimum Gasteiger partial charge on any atom is -0.480 e.